The van der Waals surface area contributed by atoms with Gasteiger partial charge in [0.25, 0.3) is 0 Å². The molecule has 322 valence electrons. The number of para-hydroxylation sites is 2. The highest BCUT2D eigenvalue weighted by atomic mass is 15.0. The number of fused-ring (bicyclic) bond motifs is 22. The topological polar surface area (TPSA) is 4.93 Å². The van der Waals surface area contributed by atoms with Crippen LogP contribution < -0.4 is 0 Å². The summed E-state index contributed by atoms with van der Waals surface area (Å²) in [5, 5.41) is 15.3. The van der Waals surface area contributed by atoms with Gasteiger partial charge in [0, 0.05) is 16.5 Å². The summed E-state index contributed by atoms with van der Waals surface area (Å²) < 4.78 is 2.40. The van der Waals surface area contributed by atoms with E-state index in [4.69, 9.17) is 0 Å². The average Bonchev–Trinajstić information content (AvgIpc) is 4.05. The van der Waals surface area contributed by atoms with E-state index in [1.807, 2.05) is 0 Å². The molecule has 70 heavy (non-hydrogen) atoms. The highest BCUT2D eigenvalue weighted by Gasteiger charge is 2.53. The summed E-state index contributed by atoms with van der Waals surface area (Å²) in [6, 6.07) is 93.6. The van der Waals surface area contributed by atoms with Crippen molar-refractivity contribution < 1.29 is 0 Å². The number of benzene rings is 13. The van der Waals surface area contributed by atoms with Crippen molar-refractivity contribution in [3.05, 3.63) is 271 Å². The molecule has 16 rings (SSSR count). The molecule has 1 nitrogen and oxygen atoms in total. The van der Waals surface area contributed by atoms with Crippen LogP contribution in [0.3, 0.4) is 0 Å². The second kappa shape index (κ2) is 14.0. The molecule has 0 fully saturated rings. The van der Waals surface area contributed by atoms with Crippen molar-refractivity contribution in [2.75, 3.05) is 0 Å². The fourth-order valence-electron chi connectivity index (χ4n) is 13.5. The van der Waals surface area contributed by atoms with E-state index in [0.717, 1.165) is 0 Å². The van der Waals surface area contributed by atoms with Crippen LogP contribution in [0, 0.1) is 0 Å². The molecule has 0 unspecified atom stereocenters. The van der Waals surface area contributed by atoms with Gasteiger partial charge in [0.1, 0.15) is 0 Å². The molecule has 0 atom stereocenters. The number of nitrogens with zero attached hydrogens (tertiary/aromatic N) is 1. The maximum atomic E-state index is 2.48. The Labute approximate surface area is 404 Å². The molecule has 1 heterocycles. The number of hydrogen-bond donors (Lipinski definition) is 0. The van der Waals surface area contributed by atoms with Crippen molar-refractivity contribution in [1.82, 2.24) is 4.57 Å². The third kappa shape index (κ3) is 4.81. The van der Waals surface area contributed by atoms with Gasteiger partial charge in [-0.2, -0.15) is 0 Å². The lowest BCUT2D eigenvalue weighted by molar-refractivity contribution is 0.809. The van der Waals surface area contributed by atoms with Gasteiger partial charge in [-0.05, 0) is 157 Å². The Morgan fingerprint density at radius 1 is 0.257 bits per heavy atom. The molecule has 13 aromatic carbocycles. The Kier molecular flexibility index (Phi) is 7.60. The van der Waals surface area contributed by atoms with E-state index < -0.39 is 5.41 Å². The average molecular weight is 884 g/mol. The van der Waals surface area contributed by atoms with E-state index in [1.165, 1.54) is 148 Å². The van der Waals surface area contributed by atoms with Gasteiger partial charge < -0.3 is 4.57 Å². The quantitative estimate of drug-likeness (QED) is 0.123. The van der Waals surface area contributed by atoms with E-state index in [2.05, 4.69) is 253 Å². The molecule has 0 N–H and O–H groups in total. The highest BCUT2D eigenvalue weighted by molar-refractivity contribution is 6.24. The Balaban J connectivity index is 0.960. The fourth-order valence-corrected chi connectivity index (χ4v) is 13.5. The van der Waals surface area contributed by atoms with Crippen molar-refractivity contribution in [2.45, 2.75) is 5.41 Å². The van der Waals surface area contributed by atoms with Crippen LogP contribution in [0.1, 0.15) is 22.3 Å². The standard InChI is InChI=1S/C69H41N/c1-2-18-45(19-3-1)70-62-33-17-14-24-51(62)59-41-44(36-39-63(59)70)65-55-28-9-7-26-53(55)64(54-27-8-10-29-56(54)65)43-35-37-46-42(40-43)34-38-58-66-52-25-6-4-20-47(52)48-21-5-11-30-57(48)68(66)69(67(46)58)60-31-15-12-22-49(60)50-23-13-16-32-61(50)69/h1-41H. The van der Waals surface area contributed by atoms with Gasteiger partial charge >= 0.3 is 0 Å². The highest BCUT2D eigenvalue weighted by Crippen LogP contribution is 2.66. The van der Waals surface area contributed by atoms with Crippen LogP contribution in [0.2, 0.25) is 0 Å². The molecule has 14 aromatic rings. The summed E-state index contributed by atoms with van der Waals surface area (Å²) in [5.41, 5.74) is 18.9. The summed E-state index contributed by atoms with van der Waals surface area (Å²) in [7, 11) is 0. The van der Waals surface area contributed by atoms with Gasteiger partial charge in [0.15, 0.2) is 0 Å². The molecular formula is C69H41N. The first-order valence-electron chi connectivity index (χ1n) is 24.5. The zero-order valence-corrected chi connectivity index (χ0v) is 38.1. The summed E-state index contributed by atoms with van der Waals surface area (Å²) in [4.78, 5) is 0. The fraction of sp³-hybridized carbons (Fsp3) is 0.0145. The smallest absolute Gasteiger partial charge is 0.0737 e. The second-order valence-corrected chi connectivity index (χ2v) is 19.4. The molecule has 0 saturated carbocycles. The van der Waals surface area contributed by atoms with E-state index >= 15 is 0 Å². The minimum Gasteiger partial charge on any atom is -0.309 e. The van der Waals surface area contributed by atoms with Crippen LogP contribution in [-0.4, -0.2) is 4.57 Å². The molecule has 1 spiro atoms. The number of rotatable bonds is 3. The third-order valence-electron chi connectivity index (χ3n) is 16.1. The molecular weight excluding hydrogens is 843 g/mol. The van der Waals surface area contributed by atoms with Crippen LogP contribution in [0.5, 0.6) is 0 Å². The predicted octanol–water partition coefficient (Wildman–Crippen LogP) is 18.2. The third-order valence-corrected chi connectivity index (χ3v) is 16.1. The van der Waals surface area contributed by atoms with Gasteiger partial charge in [-0.1, -0.05) is 212 Å². The lowest BCUT2D eigenvalue weighted by Gasteiger charge is -2.32. The van der Waals surface area contributed by atoms with E-state index in [0.29, 0.717) is 0 Å². The lowest BCUT2D eigenvalue weighted by Crippen LogP contribution is -2.26. The zero-order chi connectivity index (χ0) is 45.7. The maximum Gasteiger partial charge on any atom is 0.0737 e. The summed E-state index contributed by atoms with van der Waals surface area (Å²) in [5.74, 6) is 0. The maximum absolute atomic E-state index is 2.48. The zero-order valence-electron chi connectivity index (χ0n) is 38.1. The van der Waals surface area contributed by atoms with Gasteiger partial charge in [0.2, 0.25) is 0 Å². The molecule has 1 heteroatoms. The minimum absolute atomic E-state index is 0.516. The first-order valence-corrected chi connectivity index (χ1v) is 24.5. The SMILES string of the molecule is c1ccc(-n2c3ccccc3c3cc(-c4c5ccccc5c(-c5ccc6c7c(ccc6c5)-c5c(c6ccccc6c6ccccc56)C75c6ccccc6-c6ccccc65)c5ccccc45)ccc32)cc1. The largest absolute Gasteiger partial charge is 0.309 e. The number of hydrogen-bond acceptors (Lipinski definition) is 0. The van der Waals surface area contributed by atoms with Crippen LogP contribution >= 0.6 is 0 Å². The predicted molar refractivity (Wildman–Crippen MR) is 295 cm³/mol. The molecule has 2 aliphatic carbocycles. The lowest BCUT2D eigenvalue weighted by atomic mass is 9.68. The van der Waals surface area contributed by atoms with Crippen LogP contribution in [0.4, 0.5) is 0 Å². The summed E-state index contributed by atoms with van der Waals surface area (Å²) in [6.07, 6.45) is 0. The van der Waals surface area contributed by atoms with Gasteiger partial charge in [-0.25, -0.2) is 0 Å². The molecule has 0 saturated heterocycles. The minimum atomic E-state index is -0.516. The Morgan fingerprint density at radius 3 is 1.37 bits per heavy atom. The van der Waals surface area contributed by atoms with E-state index in [1.54, 1.807) is 0 Å². The summed E-state index contributed by atoms with van der Waals surface area (Å²) in [6.45, 7) is 0. The van der Waals surface area contributed by atoms with E-state index in [-0.39, 0.29) is 0 Å². The Hall–Kier alpha value is -9.04. The Bertz CT molecular complexity index is 4490. The van der Waals surface area contributed by atoms with Crippen molar-refractivity contribution in [3.8, 4) is 50.2 Å². The van der Waals surface area contributed by atoms with Gasteiger partial charge in [-0.15, -0.1) is 0 Å². The van der Waals surface area contributed by atoms with Crippen molar-refractivity contribution in [2.24, 2.45) is 0 Å². The van der Waals surface area contributed by atoms with Gasteiger partial charge in [-0.3, -0.25) is 0 Å². The first kappa shape index (κ1) is 38.0. The first-order chi connectivity index (χ1) is 34.8. The molecule has 1 aromatic heterocycles. The van der Waals surface area contributed by atoms with Crippen LogP contribution in [0.25, 0.3) is 126 Å². The van der Waals surface area contributed by atoms with Crippen molar-refractivity contribution in [1.29, 1.82) is 0 Å². The van der Waals surface area contributed by atoms with Crippen LogP contribution in [-0.2, 0) is 5.41 Å². The normalized spacial score (nSPS) is 13.3. The molecule has 0 radical (unpaired) electrons. The Morgan fingerprint density at radius 2 is 0.729 bits per heavy atom. The molecule has 2 aliphatic rings. The van der Waals surface area contributed by atoms with Gasteiger partial charge in [0.05, 0.1) is 16.4 Å². The molecule has 0 aliphatic heterocycles. The van der Waals surface area contributed by atoms with E-state index in [9.17, 15) is 0 Å². The second-order valence-electron chi connectivity index (χ2n) is 19.4. The van der Waals surface area contributed by atoms with Crippen LogP contribution in [0.15, 0.2) is 249 Å². The van der Waals surface area contributed by atoms with Crippen molar-refractivity contribution in [3.63, 3.8) is 0 Å². The van der Waals surface area contributed by atoms with Crippen molar-refractivity contribution >= 4 is 75.7 Å². The summed E-state index contributed by atoms with van der Waals surface area (Å²) >= 11 is 0. The molecule has 0 bridgehead atoms. The monoisotopic (exact) mass is 883 g/mol. The number of aromatic nitrogens is 1. The molecule has 0 amide bonds.